The van der Waals surface area contributed by atoms with E-state index in [1.165, 1.54) is 17.0 Å². The van der Waals surface area contributed by atoms with Gasteiger partial charge >= 0.3 is 18.2 Å². The Morgan fingerprint density at radius 3 is 2.65 bits per heavy atom. The van der Waals surface area contributed by atoms with Crippen LogP contribution in [0.5, 0.6) is 0 Å². The largest absolute Gasteiger partial charge is 0.481 e. The van der Waals surface area contributed by atoms with Crippen LogP contribution in [0.25, 0.3) is 0 Å². The molecule has 2 unspecified atom stereocenters. The van der Waals surface area contributed by atoms with Crippen molar-refractivity contribution < 1.29 is 27.9 Å². The van der Waals surface area contributed by atoms with Gasteiger partial charge in [0.2, 0.25) is 0 Å². The van der Waals surface area contributed by atoms with E-state index in [4.69, 9.17) is 5.11 Å². The second-order valence-corrected chi connectivity index (χ2v) is 5.56. The number of carboxylic acids is 1. The Hall–Kier alpha value is -2.25. The Morgan fingerprint density at radius 1 is 1.39 bits per heavy atom. The molecule has 2 N–H and O–H groups in total. The maximum absolute atomic E-state index is 12.7. The van der Waals surface area contributed by atoms with E-state index in [0.717, 1.165) is 12.1 Å². The highest BCUT2D eigenvalue weighted by Gasteiger charge is 2.32. The van der Waals surface area contributed by atoms with E-state index >= 15 is 0 Å². The minimum atomic E-state index is -4.44. The van der Waals surface area contributed by atoms with Crippen LogP contribution < -0.4 is 5.32 Å². The lowest BCUT2D eigenvalue weighted by Crippen LogP contribution is -2.40. The number of nitrogens with one attached hydrogen (secondary N) is 1. The summed E-state index contributed by atoms with van der Waals surface area (Å²) in [5.41, 5.74) is -0.439. The summed E-state index contributed by atoms with van der Waals surface area (Å²) in [5, 5.41) is 11.5. The van der Waals surface area contributed by atoms with Gasteiger partial charge in [-0.25, -0.2) is 4.79 Å². The van der Waals surface area contributed by atoms with Crippen molar-refractivity contribution in [3.8, 4) is 0 Å². The summed E-state index contributed by atoms with van der Waals surface area (Å²) in [6.07, 6.45) is -4.07. The van der Waals surface area contributed by atoms with Crippen molar-refractivity contribution in [1.29, 1.82) is 0 Å². The Bertz CT molecular complexity index is 604. The summed E-state index contributed by atoms with van der Waals surface area (Å²) < 4.78 is 38.1. The summed E-state index contributed by atoms with van der Waals surface area (Å²) in [6.45, 7) is 2.01. The van der Waals surface area contributed by atoms with Crippen LogP contribution in [0.3, 0.4) is 0 Å². The number of nitrogens with zero attached hydrogens (tertiary/aromatic N) is 1. The molecule has 126 valence electrons. The number of urea groups is 1. The van der Waals surface area contributed by atoms with Crippen LogP contribution in [0.2, 0.25) is 0 Å². The predicted molar refractivity (Wildman–Crippen MR) is 75.7 cm³/mol. The molecule has 0 saturated carbocycles. The highest BCUT2D eigenvalue weighted by atomic mass is 19.4. The van der Waals surface area contributed by atoms with Crippen LogP contribution in [0.15, 0.2) is 24.3 Å². The lowest BCUT2D eigenvalue weighted by Gasteiger charge is -2.21. The quantitative estimate of drug-likeness (QED) is 0.895. The maximum atomic E-state index is 12.7. The van der Waals surface area contributed by atoms with Crippen molar-refractivity contribution in [3.63, 3.8) is 0 Å². The number of alkyl halides is 3. The van der Waals surface area contributed by atoms with Crippen LogP contribution in [-0.2, 0) is 11.0 Å². The zero-order valence-electron chi connectivity index (χ0n) is 12.4. The number of carbonyl (C=O) groups excluding carboxylic acids is 1. The number of carbonyl (C=O) groups is 2. The predicted octanol–water partition coefficient (Wildman–Crippen LogP) is 2.88. The second kappa shape index (κ2) is 6.47. The molecule has 1 saturated heterocycles. The number of likely N-dealkylation sites (tertiary alicyclic amines) is 1. The number of carboxylic acid groups (broad SMARTS) is 1. The summed E-state index contributed by atoms with van der Waals surface area (Å²) in [5.74, 6) is -1.55. The van der Waals surface area contributed by atoms with E-state index in [-0.39, 0.29) is 6.54 Å². The van der Waals surface area contributed by atoms with Gasteiger partial charge in [-0.1, -0.05) is 12.1 Å². The monoisotopic (exact) mass is 330 g/mol. The van der Waals surface area contributed by atoms with Gasteiger partial charge in [-0.05, 0) is 31.0 Å². The van der Waals surface area contributed by atoms with Gasteiger partial charge in [0.1, 0.15) is 0 Å². The molecular weight excluding hydrogens is 313 g/mol. The number of amides is 2. The van der Waals surface area contributed by atoms with Crippen molar-refractivity contribution >= 4 is 12.0 Å². The molecule has 0 aliphatic carbocycles. The molecule has 0 aromatic heterocycles. The fourth-order valence-corrected chi connectivity index (χ4v) is 2.49. The van der Waals surface area contributed by atoms with Gasteiger partial charge in [-0.2, -0.15) is 13.2 Å². The average molecular weight is 330 g/mol. The van der Waals surface area contributed by atoms with E-state index in [9.17, 15) is 22.8 Å². The summed E-state index contributed by atoms with van der Waals surface area (Å²) in [4.78, 5) is 24.3. The van der Waals surface area contributed by atoms with Crippen LogP contribution in [0.4, 0.5) is 18.0 Å². The molecule has 5 nitrogen and oxygen atoms in total. The highest BCUT2D eigenvalue weighted by molar-refractivity contribution is 5.77. The van der Waals surface area contributed by atoms with Gasteiger partial charge < -0.3 is 15.3 Å². The fourth-order valence-electron chi connectivity index (χ4n) is 2.49. The molecule has 1 aliphatic rings. The van der Waals surface area contributed by atoms with Gasteiger partial charge in [0.25, 0.3) is 0 Å². The summed E-state index contributed by atoms with van der Waals surface area (Å²) >= 11 is 0. The van der Waals surface area contributed by atoms with E-state index < -0.39 is 35.7 Å². The number of halogens is 3. The molecule has 1 heterocycles. The first-order chi connectivity index (χ1) is 10.7. The molecule has 1 aromatic carbocycles. The minimum absolute atomic E-state index is 0.108. The highest BCUT2D eigenvalue weighted by Crippen LogP contribution is 2.30. The molecule has 1 aromatic rings. The Kier molecular flexibility index (Phi) is 4.82. The maximum Gasteiger partial charge on any atom is 0.416 e. The van der Waals surface area contributed by atoms with Gasteiger partial charge in [0.05, 0.1) is 17.5 Å². The molecule has 2 atom stereocenters. The SMILES string of the molecule is CC(NC(=O)N1CCC(C(=O)O)C1)c1cccc(C(F)(F)F)c1. The summed E-state index contributed by atoms with van der Waals surface area (Å²) in [7, 11) is 0. The van der Waals surface area contributed by atoms with Crippen LogP contribution in [0.1, 0.15) is 30.5 Å². The number of benzene rings is 1. The molecule has 1 fully saturated rings. The molecule has 8 heteroatoms. The van der Waals surface area contributed by atoms with Crippen LogP contribution in [0, 0.1) is 5.92 Å². The number of aliphatic carboxylic acids is 1. The fraction of sp³-hybridized carbons (Fsp3) is 0.467. The first kappa shape index (κ1) is 17.1. The first-order valence-corrected chi connectivity index (χ1v) is 7.14. The standard InChI is InChI=1S/C15H17F3N2O3/c1-9(10-3-2-4-12(7-10)15(16,17)18)19-14(23)20-6-5-11(8-20)13(21)22/h2-4,7,9,11H,5-6,8H2,1H3,(H,19,23)(H,21,22). The third-order valence-electron chi connectivity index (χ3n) is 3.88. The third kappa shape index (κ3) is 4.14. The zero-order valence-corrected chi connectivity index (χ0v) is 12.4. The molecule has 0 radical (unpaired) electrons. The van der Waals surface area contributed by atoms with Crippen molar-refractivity contribution in [3.05, 3.63) is 35.4 Å². The van der Waals surface area contributed by atoms with Crippen molar-refractivity contribution in [2.45, 2.75) is 25.6 Å². The molecule has 0 bridgehead atoms. The van der Waals surface area contributed by atoms with E-state index in [1.54, 1.807) is 6.92 Å². The molecule has 1 aliphatic heterocycles. The van der Waals surface area contributed by atoms with E-state index in [2.05, 4.69) is 5.32 Å². The third-order valence-corrected chi connectivity index (χ3v) is 3.88. The summed E-state index contributed by atoms with van der Waals surface area (Å²) in [6, 6.07) is 3.67. The lowest BCUT2D eigenvalue weighted by atomic mass is 10.1. The van der Waals surface area contributed by atoms with Gasteiger partial charge in [-0.3, -0.25) is 4.79 Å². The van der Waals surface area contributed by atoms with Gasteiger partial charge in [-0.15, -0.1) is 0 Å². The zero-order chi connectivity index (χ0) is 17.2. The number of hydrogen-bond donors (Lipinski definition) is 2. The Morgan fingerprint density at radius 2 is 2.09 bits per heavy atom. The number of rotatable bonds is 3. The first-order valence-electron chi connectivity index (χ1n) is 7.14. The van der Waals surface area contributed by atoms with E-state index in [1.807, 2.05) is 0 Å². The second-order valence-electron chi connectivity index (χ2n) is 5.56. The molecule has 2 amide bonds. The average Bonchev–Trinajstić information content (AvgIpc) is 2.96. The minimum Gasteiger partial charge on any atom is -0.481 e. The van der Waals surface area contributed by atoms with E-state index in [0.29, 0.717) is 18.5 Å². The van der Waals surface area contributed by atoms with Crippen molar-refractivity contribution in [2.24, 2.45) is 5.92 Å². The van der Waals surface area contributed by atoms with Crippen molar-refractivity contribution in [2.75, 3.05) is 13.1 Å². The van der Waals surface area contributed by atoms with Gasteiger partial charge in [0.15, 0.2) is 0 Å². The normalized spacial score (nSPS) is 19.5. The lowest BCUT2D eigenvalue weighted by molar-refractivity contribution is -0.141. The topological polar surface area (TPSA) is 69.6 Å². The smallest absolute Gasteiger partial charge is 0.416 e. The van der Waals surface area contributed by atoms with Crippen molar-refractivity contribution in [1.82, 2.24) is 10.2 Å². The molecular formula is C15H17F3N2O3. The number of hydrogen-bond acceptors (Lipinski definition) is 2. The van der Waals surface area contributed by atoms with Crippen LogP contribution >= 0.6 is 0 Å². The van der Waals surface area contributed by atoms with Crippen LogP contribution in [-0.4, -0.2) is 35.1 Å². The molecule has 2 rings (SSSR count). The molecule has 23 heavy (non-hydrogen) atoms. The van der Waals surface area contributed by atoms with Gasteiger partial charge in [0, 0.05) is 13.1 Å². The molecule has 0 spiro atoms. The Labute approximate surface area is 131 Å². The Balaban J connectivity index is 2.01.